The van der Waals surface area contributed by atoms with Gasteiger partial charge in [0.05, 0.1) is 16.6 Å². The fourth-order valence-corrected chi connectivity index (χ4v) is 3.08. The SMILES string of the molecule is N#C/C(=C\c1cn(CC(N)=O)c2ccccc12)c1nc2ccccc2[nH]1. The summed E-state index contributed by atoms with van der Waals surface area (Å²) in [6.45, 7) is 0.0842. The van der Waals surface area contributed by atoms with Crippen molar-refractivity contribution in [2.45, 2.75) is 6.54 Å². The summed E-state index contributed by atoms with van der Waals surface area (Å²) in [7, 11) is 0. The number of para-hydroxylation sites is 3. The molecule has 0 radical (unpaired) electrons. The summed E-state index contributed by atoms with van der Waals surface area (Å²) >= 11 is 0. The van der Waals surface area contributed by atoms with Crippen LogP contribution in [0.2, 0.25) is 0 Å². The van der Waals surface area contributed by atoms with Crippen LogP contribution in [-0.2, 0) is 11.3 Å². The lowest BCUT2D eigenvalue weighted by Gasteiger charge is -2.00. The van der Waals surface area contributed by atoms with Gasteiger partial charge < -0.3 is 15.3 Å². The molecule has 0 aliphatic rings. The highest BCUT2D eigenvalue weighted by Gasteiger charge is 2.12. The number of nitrogens with one attached hydrogen (secondary N) is 1. The van der Waals surface area contributed by atoms with Crippen LogP contribution in [0.5, 0.6) is 0 Å². The molecular weight excluding hydrogens is 326 g/mol. The number of carbonyl (C=O) groups is 1. The van der Waals surface area contributed by atoms with E-state index < -0.39 is 5.91 Å². The van der Waals surface area contributed by atoms with Gasteiger partial charge in [-0.05, 0) is 24.3 Å². The number of allylic oxidation sites excluding steroid dienone is 1. The molecule has 2 aromatic heterocycles. The highest BCUT2D eigenvalue weighted by molar-refractivity contribution is 5.98. The standard InChI is InChI=1S/C20H15N5O/c21-10-13(20-23-16-6-2-3-7-17(16)24-20)9-14-11-25(12-19(22)26)18-8-4-1-5-15(14)18/h1-9,11H,12H2,(H2,22,26)(H,23,24)/b13-9+. The minimum absolute atomic E-state index is 0.0842. The molecule has 0 atom stereocenters. The number of nitrogens with two attached hydrogens (primary N) is 1. The summed E-state index contributed by atoms with van der Waals surface area (Å²) in [4.78, 5) is 19.0. The van der Waals surface area contributed by atoms with E-state index in [0.29, 0.717) is 11.4 Å². The molecule has 0 unspecified atom stereocenters. The third-order valence-electron chi connectivity index (χ3n) is 4.21. The average molecular weight is 341 g/mol. The number of H-pyrrole nitrogens is 1. The summed E-state index contributed by atoms with van der Waals surface area (Å²) < 4.78 is 1.79. The van der Waals surface area contributed by atoms with Crippen molar-refractivity contribution in [3.05, 3.63) is 66.1 Å². The van der Waals surface area contributed by atoms with Crippen molar-refractivity contribution in [1.82, 2.24) is 14.5 Å². The van der Waals surface area contributed by atoms with E-state index in [0.717, 1.165) is 27.5 Å². The fraction of sp³-hybridized carbons (Fsp3) is 0.0500. The first-order valence-electron chi connectivity index (χ1n) is 8.09. The van der Waals surface area contributed by atoms with Gasteiger partial charge in [-0.3, -0.25) is 4.79 Å². The van der Waals surface area contributed by atoms with Gasteiger partial charge in [-0.1, -0.05) is 30.3 Å². The fourth-order valence-electron chi connectivity index (χ4n) is 3.08. The van der Waals surface area contributed by atoms with Crippen LogP contribution in [0.1, 0.15) is 11.4 Å². The number of rotatable bonds is 4. The quantitative estimate of drug-likeness (QED) is 0.558. The lowest BCUT2D eigenvalue weighted by atomic mass is 10.1. The highest BCUT2D eigenvalue weighted by Crippen LogP contribution is 2.26. The van der Waals surface area contributed by atoms with Crippen molar-refractivity contribution >= 4 is 39.5 Å². The second kappa shape index (κ2) is 6.22. The van der Waals surface area contributed by atoms with Crippen molar-refractivity contribution in [2.75, 3.05) is 0 Å². The van der Waals surface area contributed by atoms with Gasteiger partial charge in [0.15, 0.2) is 0 Å². The first-order valence-corrected chi connectivity index (χ1v) is 8.09. The Balaban J connectivity index is 1.85. The molecule has 1 amide bonds. The monoisotopic (exact) mass is 341 g/mol. The van der Waals surface area contributed by atoms with Crippen molar-refractivity contribution < 1.29 is 4.79 Å². The van der Waals surface area contributed by atoms with Gasteiger partial charge in [0.25, 0.3) is 0 Å². The first-order chi connectivity index (χ1) is 12.7. The van der Waals surface area contributed by atoms with Gasteiger partial charge in [-0.25, -0.2) is 4.98 Å². The van der Waals surface area contributed by atoms with E-state index >= 15 is 0 Å². The van der Waals surface area contributed by atoms with Crippen LogP contribution in [0.3, 0.4) is 0 Å². The largest absolute Gasteiger partial charge is 0.368 e. The zero-order chi connectivity index (χ0) is 18.1. The lowest BCUT2D eigenvalue weighted by Crippen LogP contribution is -2.17. The Morgan fingerprint density at radius 2 is 2.00 bits per heavy atom. The number of primary amides is 1. The maximum absolute atomic E-state index is 11.3. The van der Waals surface area contributed by atoms with E-state index in [2.05, 4.69) is 16.0 Å². The number of imidazole rings is 1. The molecule has 26 heavy (non-hydrogen) atoms. The van der Waals surface area contributed by atoms with Crippen LogP contribution in [0.4, 0.5) is 0 Å². The Bertz CT molecular complexity index is 1170. The average Bonchev–Trinajstić information content (AvgIpc) is 3.21. The minimum atomic E-state index is -0.418. The number of nitriles is 1. The molecule has 126 valence electrons. The van der Waals surface area contributed by atoms with Gasteiger partial charge in [-0.2, -0.15) is 5.26 Å². The third kappa shape index (κ3) is 2.72. The molecular formula is C20H15N5O. The Kier molecular flexibility index (Phi) is 3.75. The maximum atomic E-state index is 11.3. The van der Waals surface area contributed by atoms with Crippen molar-refractivity contribution in [3.63, 3.8) is 0 Å². The van der Waals surface area contributed by atoms with Gasteiger partial charge in [-0.15, -0.1) is 0 Å². The number of carbonyl (C=O) groups excluding carboxylic acids is 1. The number of fused-ring (bicyclic) bond motifs is 2. The Labute approximate surface area is 149 Å². The highest BCUT2D eigenvalue weighted by atomic mass is 16.1. The van der Waals surface area contributed by atoms with Crippen LogP contribution in [0.15, 0.2) is 54.7 Å². The number of benzene rings is 2. The number of nitrogens with zero attached hydrogens (tertiary/aromatic N) is 3. The molecule has 4 aromatic rings. The van der Waals surface area contributed by atoms with Crippen LogP contribution in [-0.4, -0.2) is 20.4 Å². The Hall–Kier alpha value is -3.85. The Morgan fingerprint density at radius 3 is 2.77 bits per heavy atom. The van der Waals surface area contributed by atoms with Crippen LogP contribution >= 0.6 is 0 Å². The molecule has 2 heterocycles. The van der Waals surface area contributed by atoms with Gasteiger partial charge >= 0.3 is 0 Å². The number of hydrogen-bond donors (Lipinski definition) is 2. The summed E-state index contributed by atoms with van der Waals surface area (Å²) in [6, 6.07) is 17.5. The number of aromatic nitrogens is 3. The van der Waals surface area contributed by atoms with Crippen molar-refractivity contribution in [3.8, 4) is 6.07 Å². The topological polar surface area (TPSA) is 100 Å². The van der Waals surface area contributed by atoms with Crippen LogP contribution < -0.4 is 5.73 Å². The van der Waals surface area contributed by atoms with E-state index in [9.17, 15) is 10.1 Å². The van der Waals surface area contributed by atoms with E-state index in [-0.39, 0.29) is 6.54 Å². The molecule has 3 N–H and O–H groups in total. The predicted molar refractivity (Wildman–Crippen MR) is 101 cm³/mol. The molecule has 0 aliphatic carbocycles. The minimum Gasteiger partial charge on any atom is -0.368 e. The molecule has 0 aliphatic heterocycles. The molecule has 0 spiro atoms. The predicted octanol–water partition coefficient (Wildman–Crippen LogP) is 3.07. The smallest absolute Gasteiger partial charge is 0.237 e. The summed E-state index contributed by atoms with van der Waals surface area (Å²) in [5, 5.41) is 10.6. The normalized spacial score (nSPS) is 11.7. The molecule has 0 saturated heterocycles. The van der Waals surface area contributed by atoms with Gasteiger partial charge in [0.2, 0.25) is 5.91 Å². The molecule has 2 aromatic carbocycles. The van der Waals surface area contributed by atoms with Crippen LogP contribution in [0.25, 0.3) is 33.6 Å². The molecule has 0 bridgehead atoms. The second-order valence-corrected chi connectivity index (χ2v) is 5.97. The number of aromatic amines is 1. The third-order valence-corrected chi connectivity index (χ3v) is 4.21. The second-order valence-electron chi connectivity index (χ2n) is 5.97. The number of hydrogen-bond acceptors (Lipinski definition) is 3. The molecule has 6 nitrogen and oxygen atoms in total. The van der Waals surface area contributed by atoms with E-state index in [1.54, 1.807) is 10.6 Å². The van der Waals surface area contributed by atoms with E-state index in [1.165, 1.54) is 0 Å². The molecule has 4 rings (SSSR count). The van der Waals surface area contributed by atoms with Gasteiger partial charge in [0.1, 0.15) is 18.4 Å². The lowest BCUT2D eigenvalue weighted by molar-refractivity contribution is -0.118. The zero-order valence-corrected chi connectivity index (χ0v) is 13.8. The van der Waals surface area contributed by atoms with E-state index in [1.807, 2.05) is 54.7 Å². The van der Waals surface area contributed by atoms with Crippen molar-refractivity contribution in [2.24, 2.45) is 5.73 Å². The maximum Gasteiger partial charge on any atom is 0.237 e. The first kappa shape index (κ1) is 15.7. The number of amides is 1. The van der Waals surface area contributed by atoms with Crippen LogP contribution in [0, 0.1) is 11.3 Å². The van der Waals surface area contributed by atoms with E-state index in [4.69, 9.17) is 5.73 Å². The Morgan fingerprint density at radius 1 is 1.23 bits per heavy atom. The molecule has 0 saturated carbocycles. The zero-order valence-electron chi connectivity index (χ0n) is 13.8. The summed E-state index contributed by atoms with van der Waals surface area (Å²) in [5.41, 5.74) is 9.16. The summed E-state index contributed by atoms with van der Waals surface area (Å²) in [5.74, 6) is 0.0968. The summed E-state index contributed by atoms with van der Waals surface area (Å²) in [6.07, 6.45) is 3.60. The molecule has 0 fully saturated rings. The van der Waals surface area contributed by atoms with Gasteiger partial charge in [0, 0.05) is 22.7 Å². The molecule has 6 heteroatoms. The van der Waals surface area contributed by atoms with Crippen molar-refractivity contribution in [1.29, 1.82) is 5.26 Å².